The third-order valence-corrected chi connectivity index (χ3v) is 3.18. The first kappa shape index (κ1) is 8.05. The van der Waals surface area contributed by atoms with Crippen molar-refractivity contribution in [2.24, 2.45) is 0 Å². The number of allylic oxidation sites excluding steroid dienone is 3. The Bertz CT molecular complexity index is 422. The molecule has 70 valence electrons. The second-order valence-corrected chi connectivity index (χ2v) is 4.14. The molecule has 0 saturated carbocycles. The average molecular weight is 182 g/mol. The summed E-state index contributed by atoms with van der Waals surface area (Å²) in [6, 6.07) is 4.79. The van der Waals surface area contributed by atoms with Gasteiger partial charge in [0.25, 0.3) is 0 Å². The van der Waals surface area contributed by atoms with E-state index in [9.17, 15) is 0 Å². The van der Waals surface area contributed by atoms with Gasteiger partial charge >= 0.3 is 0 Å². The summed E-state index contributed by atoms with van der Waals surface area (Å²) in [5.74, 6) is 0. The van der Waals surface area contributed by atoms with Crippen molar-refractivity contribution in [2.45, 2.75) is 25.7 Å². The van der Waals surface area contributed by atoms with Crippen LogP contribution in [0.15, 0.2) is 30.4 Å². The van der Waals surface area contributed by atoms with Crippen LogP contribution in [-0.4, -0.2) is 0 Å². The third kappa shape index (κ3) is 1.22. The molecule has 14 heavy (non-hydrogen) atoms. The van der Waals surface area contributed by atoms with Gasteiger partial charge in [0, 0.05) is 0 Å². The van der Waals surface area contributed by atoms with E-state index in [1.165, 1.54) is 24.0 Å². The summed E-state index contributed by atoms with van der Waals surface area (Å²) in [6.07, 6.45) is 13.8. The van der Waals surface area contributed by atoms with Crippen molar-refractivity contribution >= 4 is 6.08 Å². The highest BCUT2D eigenvalue weighted by Gasteiger charge is 2.10. The molecule has 1 aromatic carbocycles. The molecule has 0 N–H and O–H groups in total. The Morgan fingerprint density at radius 1 is 0.786 bits per heavy atom. The zero-order valence-corrected chi connectivity index (χ0v) is 8.29. The Kier molecular flexibility index (Phi) is 1.80. The van der Waals surface area contributed by atoms with E-state index in [0.717, 1.165) is 12.8 Å². The molecule has 0 aromatic heterocycles. The molecule has 0 heteroatoms. The van der Waals surface area contributed by atoms with Crippen LogP contribution in [-0.2, 0) is 19.3 Å². The molecular formula is C14H14. The van der Waals surface area contributed by atoms with Gasteiger partial charge in [0.1, 0.15) is 0 Å². The minimum atomic E-state index is 1.12. The molecule has 0 radical (unpaired) electrons. The highest BCUT2D eigenvalue weighted by atomic mass is 14.2. The van der Waals surface area contributed by atoms with Crippen LogP contribution in [0.25, 0.3) is 6.08 Å². The van der Waals surface area contributed by atoms with Gasteiger partial charge in [-0.3, -0.25) is 0 Å². The molecule has 0 atom stereocenters. The van der Waals surface area contributed by atoms with E-state index < -0.39 is 0 Å². The summed E-state index contributed by atoms with van der Waals surface area (Å²) in [5.41, 5.74) is 6.06. The second-order valence-electron chi connectivity index (χ2n) is 4.14. The van der Waals surface area contributed by atoms with Gasteiger partial charge in [0.05, 0.1) is 0 Å². The highest BCUT2D eigenvalue weighted by molar-refractivity contribution is 5.59. The molecule has 0 unspecified atom stereocenters. The Morgan fingerprint density at radius 3 is 2.43 bits per heavy atom. The minimum absolute atomic E-state index is 1.12. The molecule has 0 fully saturated rings. The summed E-state index contributed by atoms with van der Waals surface area (Å²) in [5, 5.41) is 0. The monoisotopic (exact) mass is 182 g/mol. The van der Waals surface area contributed by atoms with Crippen LogP contribution < -0.4 is 0 Å². The Balaban J connectivity index is 2.14. The molecule has 0 aliphatic heterocycles. The fraction of sp³-hybridized carbons (Fsp3) is 0.286. The third-order valence-electron chi connectivity index (χ3n) is 3.18. The van der Waals surface area contributed by atoms with Crippen molar-refractivity contribution in [3.63, 3.8) is 0 Å². The number of fused-ring (bicyclic) bond motifs is 2. The Labute approximate surface area is 85.0 Å². The molecule has 2 aliphatic rings. The van der Waals surface area contributed by atoms with E-state index in [1.807, 2.05) is 0 Å². The molecule has 0 heterocycles. The van der Waals surface area contributed by atoms with Gasteiger partial charge in [0.2, 0.25) is 0 Å². The quantitative estimate of drug-likeness (QED) is 0.540. The molecule has 0 nitrogen and oxygen atoms in total. The summed E-state index contributed by atoms with van der Waals surface area (Å²) in [6.45, 7) is 0. The van der Waals surface area contributed by atoms with Crippen molar-refractivity contribution in [3.05, 3.63) is 52.6 Å². The summed E-state index contributed by atoms with van der Waals surface area (Å²) in [7, 11) is 0. The van der Waals surface area contributed by atoms with E-state index >= 15 is 0 Å². The zero-order valence-electron chi connectivity index (χ0n) is 8.29. The maximum atomic E-state index is 2.41. The van der Waals surface area contributed by atoms with Crippen LogP contribution in [0.1, 0.15) is 28.7 Å². The highest BCUT2D eigenvalue weighted by Crippen LogP contribution is 2.26. The lowest BCUT2D eigenvalue weighted by Crippen LogP contribution is -2.02. The number of aryl methyl sites for hydroxylation is 1. The lowest BCUT2D eigenvalue weighted by Gasteiger charge is -2.17. The summed E-state index contributed by atoms with van der Waals surface area (Å²) < 4.78 is 0. The first-order valence-electron chi connectivity index (χ1n) is 5.40. The van der Waals surface area contributed by atoms with Gasteiger partial charge in [-0.1, -0.05) is 36.4 Å². The van der Waals surface area contributed by atoms with Gasteiger partial charge in [0.15, 0.2) is 0 Å². The first-order chi connectivity index (χ1) is 6.93. The molecule has 3 rings (SSSR count). The maximum Gasteiger partial charge on any atom is -0.00943 e. The van der Waals surface area contributed by atoms with E-state index in [1.54, 1.807) is 11.1 Å². The molecule has 2 aliphatic carbocycles. The van der Waals surface area contributed by atoms with E-state index in [4.69, 9.17) is 0 Å². The zero-order chi connectivity index (χ0) is 9.38. The van der Waals surface area contributed by atoms with Crippen molar-refractivity contribution in [1.82, 2.24) is 0 Å². The topological polar surface area (TPSA) is 0 Å². The van der Waals surface area contributed by atoms with Gasteiger partial charge in [-0.25, -0.2) is 0 Å². The van der Waals surface area contributed by atoms with E-state index in [-0.39, 0.29) is 0 Å². The van der Waals surface area contributed by atoms with Crippen molar-refractivity contribution < 1.29 is 0 Å². The standard InChI is InChI=1S/C14H14/c1-2-6-12-10-14-8-4-3-7-13(14)9-11(12)5-1/h1-3,7,9-10H,4-6,8H2. The lowest BCUT2D eigenvalue weighted by molar-refractivity contribution is 0.967. The molecule has 0 saturated heterocycles. The molecule has 0 amide bonds. The second kappa shape index (κ2) is 3.13. The predicted octanol–water partition coefficient (Wildman–Crippen LogP) is 3.30. The number of hydrogen-bond acceptors (Lipinski definition) is 0. The van der Waals surface area contributed by atoms with Gasteiger partial charge in [-0.15, -0.1) is 0 Å². The Hall–Kier alpha value is -1.30. The summed E-state index contributed by atoms with van der Waals surface area (Å²) in [4.78, 5) is 0. The van der Waals surface area contributed by atoms with Gasteiger partial charge in [-0.05, 0) is 47.9 Å². The average Bonchev–Trinajstić information content (AvgIpc) is 2.26. The van der Waals surface area contributed by atoms with Crippen LogP contribution in [0.4, 0.5) is 0 Å². The van der Waals surface area contributed by atoms with Crippen LogP contribution >= 0.6 is 0 Å². The van der Waals surface area contributed by atoms with E-state index in [2.05, 4.69) is 36.4 Å². The van der Waals surface area contributed by atoms with Crippen molar-refractivity contribution in [1.29, 1.82) is 0 Å². The number of rotatable bonds is 0. The van der Waals surface area contributed by atoms with Crippen molar-refractivity contribution in [3.8, 4) is 0 Å². The van der Waals surface area contributed by atoms with Crippen LogP contribution in [0.2, 0.25) is 0 Å². The maximum absolute atomic E-state index is 2.41. The molecule has 0 spiro atoms. The smallest absolute Gasteiger partial charge is 0.00943 e. The van der Waals surface area contributed by atoms with Crippen LogP contribution in [0.5, 0.6) is 0 Å². The molecule has 1 aromatic rings. The van der Waals surface area contributed by atoms with Crippen molar-refractivity contribution in [2.75, 3.05) is 0 Å². The van der Waals surface area contributed by atoms with Crippen LogP contribution in [0.3, 0.4) is 0 Å². The predicted molar refractivity (Wildman–Crippen MR) is 60.3 cm³/mol. The normalized spacial score (nSPS) is 17.7. The lowest BCUT2D eigenvalue weighted by atomic mass is 9.88. The summed E-state index contributed by atoms with van der Waals surface area (Å²) >= 11 is 0. The van der Waals surface area contributed by atoms with Gasteiger partial charge < -0.3 is 0 Å². The van der Waals surface area contributed by atoms with E-state index in [0.29, 0.717) is 0 Å². The fourth-order valence-electron chi connectivity index (χ4n) is 2.38. The SMILES string of the molecule is C1=Cc2cc3c(cc2CC1)CC=CC3. The van der Waals surface area contributed by atoms with Crippen LogP contribution in [0, 0.1) is 0 Å². The fourth-order valence-corrected chi connectivity index (χ4v) is 2.38. The molecule has 0 bridgehead atoms. The largest absolute Gasteiger partial charge is 0.0838 e. The minimum Gasteiger partial charge on any atom is -0.0838 e. The van der Waals surface area contributed by atoms with Gasteiger partial charge in [-0.2, -0.15) is 0 Å². The number of benzene rings is 1. The molecular weight excluding hydrogens is 168 g/mol. The number of hydrogen-bond donors (Lipinski definition) is 0. The first-order valence-corrected chi connectivity index (χ1v) is 5.40. The Morgan fingerprint density at radius 2 is 1.57 bits per heavy atom.